The van der Waals surface area contributed by atoms with E-state index in [1.54, 1.807) is 11.8 Å². The van der Waals surface area contributed by atoms with E-state index in [0.29, 0.717) is 18.6 Å². The summed E-state index contributed by atoms with van der Waals surface area (Å²) in [7, 11) is 1.35. The minimum absolute atomic E-state index is 0.193. The van der Waals surface area contributed by atoms with Crippen molar-refractivity contribution >= 4 is 23.6 Å². The fourth-order valence-corrected chi connectivity index (χ4v) is 5.97. The molecule has 0 spiro atoms. The summed E-state index contributed by atoms with van der Waals surface area (Å²) in [4.78, 5) is 25.7. The molecule has 1 aliphatic carbocycles. The number of thioether (sulfide) groups is 1. The van der Waals surface area contributed by atoms with Crippen LogP contribution in [0.4, 0.5) is 0 Å². The molecule has 6 heteroatoms. The summed E-state index contributed by atoms with van der Waals surface area (Å²) in [6, 6.07) is 13.3. The van der Waals surface area contributed by atoms with E-state index in [-0.39, 0.29) is 12.0 Å². The molecule has 1 fully saturated rings. The Morgan fingerprint density at radius 2 is 1.79 bits per heavy atom. The minimum atomic E-state index is -0.679. The van der Waals surface area contributed by atoms with Crippen molar-refractivity contribution in [1.82, 2.24) is 5.32 Å². The van der Waals surface area contributed by atoms with E-state index in [1.807, 2.05) is 49.6 Å². The zero-order valence-corrected chi connectivity index (χ0v) is 25.1. The van der Waals surface area contributed by atoms with E-state index >= 15 is 0 Å². The molecular formula is C33H47NO4S. The number of amides is 1. The van der Waals surface area contributed by atoms with Crippen molar-refractivity contribution in [2.45, 2.75) is 96.8 Å². The topological polar surface area (TPSA) is 64.6 Å². The molecule has 1 N–H and O–H groups in total. The van der Waals surface area contributed by atoms with Crippen molar-refractivity contribution in [3.8, 4) is 11.1 Å². The number of hydrogen-bond acceptors (Lipinski definition) is 5. The molecule has 0 aromatic heterocycles. The molecule has 2 aromatic rings. The van der Waals surface area contributed by atoms with Crippen LogP contribution in [0.2, 0.25) is 0 Å². The molecular weight excluding hydrogens is 506 g/mol. The standard InChI is InChI=1S/C33H47NO4S/c1-24-12-8-11-17-28(24)30-22-27(23-38-25(2)13-9-10-16-26-14-6-5-7-15-26)18-19-29(30)32(35)34-31(20-21-39-4)33(36)37-3/h8,11-12,17-19,22,25-26,31H,5-7,9-10,13-16,20-21,23H2,1-4H3,(H,34,35)/t25?,31-/m0/s1. The quantitative estimate of drug-likeness (QED) is 0.181. The second-order valence-corrected chi connectivity index (χ2v) is 11.9. The summed E-state index contributed by atoms with van der Waals surface area (Å²) >= 11 is 1.63. The van der Waals surface area contributed by atoms with Gasteiger partial charge in [-0.15, -0.1) is 0 Å². The molecule has 0 radical (unpaired) electrons. The van der Waals surface area contributed by atoms with Crippen LogP contribution in [0.25, 0.3) is 11.1 Å². The Balaban J connectivity index is 1.66. The second-order valence-electron chi connectivity index (χ2n) is 10.9. The van der Waals surface area contributed by atoms with Gasteiger partial charge in [0.15, 0.2) is 0 Å². The highest BCUT2D eigenvalue weighted by molar-refractivity contribution is 7.98. The van der Waals surface area contributed by atoms with E-state index in [4.69, 9.17) is 9.47 Å². The third-order valence-corrected chi connectivity index (χ3v) is 8.54. The highest BCUT2D eigenvalue weighted by Crippen LogP contribution is 2.30. The first-order chi connectivity index (χ1) is 18.9. The van der Waals surface area contributed by atoms with Crippen molar-refractivity contribution in [3.05, 3.63) is 59.2 Å². The van der Waals surface area contributed by atoms with E-state index in [2.05, 4.69) is 18.3 Å². The summed E-state index contributed by atoms with van der Waals surface area (Å²) in [5.74, 6) is 0.995. The normalized spacial score (nSPS) is 15.5. The van der Waals surface area contributed by atoms with E-state index in [0.717, 1.165) is 40.3 Å². The Morgan fingerprint density at radius 3 is 2.51 bits per heavy atom. The maximum Gasteiger partial charge on any atom is 0.328 e. The Kier molecular flexibility index (Phi) is 13.4. The molecule has 0 heterocycles. The Bertz CT molecular complexity index is 1050. The fourth-order valence-electron chi connectivity index (χ4n) is 5.50. The molecule has 0 aliphatic heterocycles. The lowest BCUT2D eigenvalue weighted by Gasteiger charge is -2.21. The third-order valence-electron chi connectivity index (χ3n) is 7.90. The van der Waals surface area contributed by atoms with Crippen LogP contribution in [0, 0.1) is 12.8 Å². The van der Waals surface area contributed by atoms with Gasteiger partial charge in [-0.25, -0.2) is 4.79 Å². The first kappa shape index (κ1) is 31.2. The van der Waals surface area contributed by atoms with Crippen LogP contribution in [0.15, 0.2) is 42.5 Å². The first-order valence-corrected chi connectivity index (χ1v) is 16.0. The van der Waals surface area contributed by atoms with Gasteiger partial charge in [0.2, 0.25) is 0 Å². The Morgan fingerprint density at radius 1 is 1.03 bits per heavy atom. The van der Waals surface area contributed by atoms with Gasteiger partial charge in [-0.1, -0.05) is 81.7 Å². The summed E-state index contributed by atoms with van der Waals surface area (Å²) in [5, 5.41) is 2.91. The van der Waals surface area contributed by atoms with Gasteiger partial charge in [-0.2, -0.15) is 11.8 Å². The summed E-state index contributed by atoms with van der Waals surface area (Å²) in [6.45, 7) is 4.71. The molecule has 5 nitrogen and oxygen atoms in total. The summed E-state index contributed by atoms with van der Waals surface area (Å²) in [6.07, 6.45) is 14.7. The number of benzene rings is 2. The van der Waals surface area contributed by atoms with Crippen LogP contribution in [0.3, 0.4) is 0 Å². The van der Waals surface area contributed by atoms with Gasteiger partial charge < -0.3 is 14.8 Å². The number of ether oxygens (including phenoxy) is 2. The lowest BCUT2D eigenvalue weighted by molar-refractivity contribution is -0.142. The number of carbonyl (C=O) groups is 2. The van der Waals surface area contributed by atoms with Crippen LogP contribution in [-0.4, -0.2) is 43.1 Å². The number of methoxy groups -OCH3 is 1. The van der Waals surface area contributed by atoms with E-state index in [9.17, 15) is 9.59 Å². The van der Waals surface area contributed by atoms with Gasteiger partial charge in [0, 0.05) is 5.56 Å². The predicted octanol–water partition coefficient (Wildman–Crippen LogP) is 7.73. The van der Waals surface area contributed by atoms with Crippen LogP contribution >= 0.6 is 11.8 Å². The van der Waals surface area contributed by atoms with Crippen molar-refractivity contribution in [3.63, 3.8) is 0 Å². The number of aryl methyl sites for hydroxylation is 1. The number of carbonyl (C=O) groups excluding carboxylic acids is 2. The van der Waals surface area contributed by atoms with Crippen LogP contribution < -0.4 is 5.32 Å². The lowest BCUT2D eigenvalue weighted by Crippen LogP contribution is -2.42. The van der Waals surface area contributed by atoms with E-state index in [1.165, 1.54) is 58.5 Å². The minimum Gasteiger partial charge on any atom is -0.467 e. The number of nitrogens with one attached hydrogen (secondary N) is 1. The van der Waals surface area contributed by atoms with Gasteiger partial charge in [0.05, 0.1) is 19.8 Å². The molecule has 39 heavy (non-hydrogen) atoms. The van der Waals surface area contributed by atoms with Crippen molar-refractivity contribution < 1.29 is 19.1 Å². The molecule has 0 saturated heterocycles. The van der Waals surface area contributed by atoms with Crippen LogP contribution in [-0.2, 0) is 20.9 Å². The zero-order valence-electron chi connectivity index (χ0n) is 24.3. The zero-order chi connectivity index (χ0) is 28.0. The lowest BCUT2D eigenvalue weighted by atomic mass is 9.85. The third kappa shape index (κ3) is 9.99. The molecule has 0 bridgehead atoms. The number of esters is 1. The second kappa shape index (κ2) is 16.7. The number of unbranched alkanes of at least 4 members (excludes halogenated alkanes) is 1. The summed E-state index contributed by atoms with van der Waals surface area (Å²) in [5.41, 5.74) is 4.51. The van der Waals surface area contributed by atoms with Gasteiger partial charge in [-0.3, -0.25) is 4.79 Å². The Labute approximate surface area is 239 Å². The van der Waals surface area contributed by atoms with Crippen molar-refractivity contribution in [1.29, 1.82) is 0 Å². The average molecular weight is 554 g/mol. The molecule has 2 atom stereocenters. The van der Waals surface area contributed by atoms with Gasteiger partial charge >= 0.3 is 5.97 Å². The maximum absolute atomic E-state index is 13.4. The van der Waals surface area contributed by atoms with Crippen LogP contribution in [0.5, 0.6) is 0 Å². The SMILES string of the molecule is COC(=O)[C@H](CCSC)NC(=O)c1ccc(COC(C)CCCCC2CCCCC2)cc1-c1ccccc1C. The molecule has 3 rings (SSSR count). The van der Waals surface area contributed by atoms with Crippen molar-refractivity contribution in [2.75, 3.05) is 19.1 Å². The smallest absolute Gasteiger partial charge is 0.328 e. The highest BCUT2D eigenvalue weighted by atomic mass is 32.2. The first-order valence-electron chi connectivity index (χ1n) is 14.6. The number of hydrogen-bond donors (Lipinski definition) is 1. The molecule has 1 aliphatic rings. The Hall–Kier alpha value is -2.31. The van der Waals surface area contributed by atoms with Crippen molar-refractivity contribution in [2.24, 2.45) is 5.92 Å². The maximum atomic E-state index is 13.4. The predicted molar refractivity (Wildman–Crippen MR) is 162 cm³/mol. The molecule has 214 valence electrons. The fraction of sp³-hybridized carbons (Fsp3) is 0.576. The molecule has 1 unspecified atom stereocenters. The molecule has 1 amide bonds. The van der Waals surface area contributed by atoms with E-state index < -0.39 is 12.0 Å². The molecule has 2 aromatic carbocycles. The molecule has 1 saturated carbocycles. The van der Waals surface area contributed by atoms with Crippen LogP contribution in [0.1, 0.15) is 92.6 Å². The summed E-state index contributed by atoms with van der Waals surface area (Å²) < 4.78 is 11.2. The monoisotopic (exact) mass is 553 g/mol. The van der Waals surface area contributed by atoms with Gasteiger partial charge in [0.1, 0.15) is 6.04 Å². The largest absolute Gasteiger partial charge is 0.467 e. The average Bonchev–Trinajstić information content (AvgIpc) is 2.96. The van der Waals surface area contributed by atoms with Gasteiger partial charge in [-0.05, 0) is 79.0 Å². The van der Waals surface area contributed by atoms with Gasteiger partial charge in [0.25, 0.3) is 5.91 Å². The highest BCUT2D eigenvalue weighted by Gasteiger charge is 2.24. The number of rotatable bonds is 15.